The molecule has 7 rings (SSSR count). The van der Waals surface area contributed by atoms with E-state index in [1.165, 1.54) is 37.9 Å². The van der Waals surface area contributed by atoms with Crippen molar-refractivity contribution in [2.75, 3.05) is 0 Å². The molecule has 0 saturated carbocycles. The molecule has 40 heavy (non-hydrogen) atoms. The van der Waals surface area contributed by atoms with Crippen LogP contribution in [0.3, 0.4) is 0 Å². The van der Waals surface area contributed by atoms with Gasteiger partial charge in [0, 0.05) is 10.8 Å². The highest BCUT2D eigenvalue weighted by Crippen LogP contribution is 2.38. The molecule has 1 heterocycles. The highest BCUT2D eigenvalue weighted by Gasteiger charge is 2.35. The first-order valence-electron chi connectivity index (χ1n) is 13.8. The Morgan fingerprint density at radius 3 is 1.70 bits per heavy atom. The number of hydrogen-bond donors (Lipinski definition) is 1. The molecule has 0 fully saturated rings. The van der Waals surface area contributed by atoms with Gasteiger partial charge in [-0.1, -0.05) is 78.9 Å². The Morgan fingerprint density at radius 1 is 0.550 bits per heavy atom. The van der Waals surface area contributed by atoms with E-state index < -0.39 is 11.2 Å². The third kappa shape index (κ3) is 3.99. The van der Waals surface area contributed by atoms with Crippen molar-refractivity contribution in [3.8, 4) is 11.1 Å². The average molecular weight is 522 g/mol. The third-order valence-electron chi connectivity index (χ3n) is 8.69. The zero-order valence-corrected chi connectivity index (χ0v) is 23.3. The Bertz CT molecular complexity index is 2040. The first-order valence-corrected chi connectivity index (χ1v) is 13.8. The van der Waals surface area contributed by atoms with Crippen molar-refractivity contribution in [1.82, 2.24) is 0 Å². The zero-order chi connectivity index (χ0) is 27.6. The topological polar surface area (TPSA) is 42.6 Å². The number of aliphatic hydroxyl groups is 1. The summed E-state index contributed by atoms with van der Waals surface area (Å²) in [6.45, 7) is 7.36. The molecule has 3 nitrogen and oxygen atoms in total. The van der Waals surface area contributed by atoms with Crippen LogP contribution in [0.2, 0.25) is 0 Å². The molecule has 0 aliphatic rings. The monoisotopic (exact) mass is 522 g/mol. The Hall–Kier alpha value is -4.12. The van der Waals surface area contributed by atoms with Crippen molar-refractivity contribution in [3.05, 3.63) is 103 Å². The summed E-state index contributed by atoms with van der Waals surface area (Å²) in [5.74, 6) is 0. The lowest BCUT2D eigenvalue weighted by atomic mass is 9.82. The second kappa shape index (κ2) is 8.95. The van der Waals surface area contributed by atoms with Gasteiger partial charge in [0.25, 0.3) is 0 Å². The van der Waals surface area contributed by atoms with Crippen molar-refractivity contribution < 1.29 is 14.2 Å². The molecule has 0 radical (unpaired) electrons. The van der Waals surface area contributed by atoms with E-state index in [1.807, 2.05) is 19.9 Å². The van der Waals surface area contributed by atoms with E-state index in [1.54, 1.807) is 13.8 Å². The molecule has 6 aromatic carbocycles. The fourth-order valence-corrected chi connectivity index (χ4v) is 5.62. The molecule has 0 atom stereocenters. The summed E-state index contributed by atoms with van der Waals surface area (Å²) in [7, 11) is 0.398. The van der Waals surface area contributed by atoms with Crippen LogP contribution in [0.25, 0.3) is 65.4 Å². The molecule has 0 unspecified atom stereocenters. The number of rotatable bonds is 5. The van der Waals surface area contributed by atoms with E-state index in [9.17, 15) is 5.11 Å². The molecular weight excluding hydrogens is 491 g/mol. The van der Waals surface area contributed by atoms with Crippen molar-refractivity contribution in [2.24, 2.45) is 0 Å². The molecule has 0 aliphatic heterocycles. The molecule has 4 heteroatoms. The molecule has 0 saturated heterocycles. The van der Waals surface area contributed by atoms with E-state index >= 15 is 0 Å². The molecule has 1 aromatic heterocycles. The Kier molecular flexibility index (Phi) is 5.57. The molecule has 1 N–H and O–H groups in total. The van der Waals surface area contributed by atoms with Gasteiger partial charge in [-0.05, 0) is 101 Å². The predicted octanol–water partition coefficient (Wildman–Crippen LogP) is 8.26. The summed E-state index contributed by atoms with van der Waals surface area (Å²) in [6.07, 6.45) is 0. The second-order valence-corrected chi connectivity index (χ2v) is 11.9. The van der Waals surface area contributed by atoms with Crippen LogP contribution in [-0.4, -0.2) is 23.8 Å². The first-order chi connectivity index (χ1) is 19.2. The average Bonchev–Trinajstić information content (AvgIpc) is 3.32. The number of benzene rings is 6. The van der Waals surface area contributed by atoms with Crippen LogP contribution in [0.5, 0.6) is 0 Å². The third-order valence-corrected chi connectivity index (χ3v) is 8.69. The van der Waals surface area contributed by atoms with Crippen molar-refractivity contribution in [3.63, 3.8) is 0 Å². The van der Waals surface area contributed by atoms with Gasteiger partial charge in [-0.25, -0.2) is 0 Å². The van der Waals surface area contributed by atoms with E-state index in [0.717, 1.165) is 33.0 Å². The molecule has 0 amide bonds. The van der Waals surface area contributed by atoms with E-state index in [4.69, 9.17) is 9.07 Å². The van der Waals surface area contributed by atoms with Gasteiger partial charge in [0.05, 0.1) is 11.2 Å². The quantitative estimate of drug-likeness (QED) is 0.183. The van der Waals surface area contributed by atoms with Gasteiger partial charge >= 0.3 is 7.48 Å². The number of furan rings is 1. The van der Waals surface area contributed by atoms with Gasteiger partial charge in [0.1, 0.15) is 11.2 Å². The fraction of sp³-hybridized carbons (Fsp3) is 0.167. The SMILES string of the molecule is CC(C)(O)C(C)(C)OBc1ccc2c(c1)oc1ccc(-c3ccc4c5ccccc5c5ccccc5c4c3)cc12. The zero-order valence-electron chi connectivity index (χ0n) is 23.3. The Labute approximate surface area is 234 Å². The van der Waals surface area contributed by atoms with Gasteiger partial charge < -0.3 is 14.2 Å². The van der Waals surface area contributed by atoms with Crippen LogP contribution in [0, 0.1) is 0 Å². The van der Waals surface area contributed by atoms with Gasteiger partial charge in [-0.3, -0.25) is 0 Å². The van der Waals surface area contributed by atoms with Gasteiger partial charge in [0.2, 0.25) is 0 Å². The van der Waals surface area contributed by atoms with Crippen LogP contribution < -0.4 is 5.46 Å². The summed E-state index contributed by atoms with van der Waals surface area (Å²) in [5.41, 5.74) is 3.43. The van der Waals surface area contributed by atoms with Crippen molar-refractivity contribution in [1.29, 1.82) is 0 Å². The minimum absolute atomic E-state index is 0.398. The maximum atomic E-state index is 10.4. The minimum Gasteiger partial charge on any atom is -0.456 e. The van der Waals surface area contributed by atoms with Crippen LogP contribution in [0.4, 0.5) is 0 Å². The molecule has 0 spiro atoms. The fourth-order valence-electron chi connectivity index (χ4n) is 5.62. The van der Waals surface area contributed by atoms with Crippen LogP contribution in [0.1, 0.15) is 27.7 Å². The predicted molar refractivity (Wildman–Crippen MR) is 170 cm³/mol. The molecule has 196 valence electrons. The Balaban J connectivity index is 1.30. The molecule has 0 bridgehead atoms. The maximum absolute atomic E-state index is 10.4. The lowest BCUT2D eigenvalue weighted by molar-refractivity contribution is -0.0893. The summed E-state index contributed by atoms with van der Waals surface area (Å²) < 4.78 is 12.3. The normalized spacial score (nSPS) is 12.7. The second-order valence-electron chi connectivity index (χ2n) is 11.9. The summed E-state index contributed by atoms with van der Waals surface area (Å²) in [4.78, 5) is 0. The number of fused-ring (bicyclic) bond motifs is 9. The van der Waals surface area contributed by atoms with Crippen LogP contribution in [0.15, 0.2) is 108 Å². The first kappa shape index (κ1) is 24.9. The van der Waals surface area contributed by atoms with Gasteiger partial charge in [-0.15, -0.1) is 0 Å². The molecular formula is C36H31BO3. The van der Waals surface area contributed by atoms with E-state index in [-0.39, 0.29) is 0 Å². The largest absolute Gasteiger partial charge is 0.456 e. The molecule has 7 aromatic rings. The lowest BCUT2D eigenvalue weighted by Crippen LogP contribution is -2.49. The summed E-state index contributed by atoms with van der Waals surface area (Å²) in [5, 5.41) is 20.3. The van der Waals surface area contributed by atoms with E-state index in [2.05, 4.69) is 97.1 Å². The summed E-state index contributed by atoms with van der Waals surface area (Å²) >= 11 is 0. The smallest absolute Gasteiger partial charge is 0.309 e. The minimum atomic E-state index is -0.949. The van der Waals surface area contributed by atoms with E-state index in [0.29, 0.717) is 7.48 Å². The highest BCUT2D eigenvalue weighted by molar-refractivity contribution is 6.47. The number of hydrogen-bond acceptors (Lipinski definition) is 3. The standard InChI is InChI=1S/C36H31BO3/c1-35(2,38)36(3,4)40-37-24-15-17-30-32-20-23(14-18-33(32)39-34(30)21-24)22-13-16-29-27-11-6-5-9-25(27)26-10-7-8-12-28(26)31(29)19-22/h5-21,37-38H,1-4H3. The van der Waals surface area contributed by atoms with Crippen molar-refractivity contribution >= 4 is 67.2 Å². The maximum Gasteiger partial charge on any atom is 0.309 e. The lowest BCUT2D eigenvalue weighted by Gasteiger charge is -2.37. The van der Waals surface area contributed by atoms with Gasteiger partial charge in [-0.2, -0.15) is 0 Å². The Morgan fingerprint density at radius 2 is 1.07 bits per heavy atom. The van der Waals surface area contributed by atoms with Crippen molar-refractivity contribution in [2.45, 2.75) is 38.9 Å². The molecule has 0 aliphatic carbocycles. The highest BCUT2D eigenvalue weighted by atomic mass is 16.5. The van der Waals surface area contributed by atoms with Gasteiger partial charge in [0.15, 0.2) is 0 Å². The van der Waals surface area contributed by atoms with Crippen LogP contribution >= 0.6 is 0 Å². The summed E-state index contributed by atoms with van der Waals surface area (Å²) in [6, 6.07) is 36.9. The van der Waals surface area contributed by atoms with Crippen LogP contribution in [-0.2, 0) is 4.65 Å².